The third kappa shape index (κ3) is 2.64. The van der Waals surface area contributed by atoms with Gasteiger partial charge in [-0.25, -0.2) is 10.0 Å². The zero-order valence-electron chi connectivity index (χ0n) is 8.95. The fourth-order valence-corrected chi connectivity index (χ4v) is 1.64. The van der Waals surface area contributed by atoms with Gasteiger partial charge in [0, 0.05) is 20.6 Å². The fraction of sp³-hybridized carbons (Fsp3) is 1.00. The van der Waals surface area contributed by atoms with Gasteiger partial charge in [0.2, 0.25) is 0 Å². The van der Waals surface area contributed by atoms with E-state index in [1.165, 1.54) is 0 Å². The van der Waals surface area contributed by atoms with E-state index in [4.69, 9.17) is 4.74 Å². The molecular weight excluding hydrogens is 168 g/mol. The Morgan fingerprint density at radius 1 is 1.46 bits per heavy atom. The van der Waals surface area contributed by atoms with Gasteiger partial charge in [0.05, 0.1) is 24.9 Å². The first-order valence-electron chi connectivity index (χ1n) is 4.67. The van der Waals surface area contributed by atoms with Crippen molar-refractivity contribution in [2.45, 2.75) is 25.5 Å². The lowest BCUT2D eigenvalue weighted by Gasteiger charge is -2.44. The molecule has 1 N–H and O–H groups in total. The SMILES string of the molecule is CN(C)N1CCOCC1C(C)(C)O. The summed E-state index contributed by atoms with van der Waals surface area (Å²) >= 11 is 0. The Kier molecular flexibility index (Phi) is 3.29. The molecule has 1 aliphatic heterocycles. The van der Waals surface area contributed by atoms with Gasteiger partial charge in [-0.1, -0.05) is 0 Å². The minimum Gasteiger partial charge on any atom is -0.389 e. The molecule has 1 fully saturated rings. The summed E-state index contributed by atoms with van der Waals surface area (Å²) in [6, 6.07) is 0.0521. The van der Waals surface area contributed by atoms with Gasteiger partial charge in [-0.15, -0.1) is 0 Å². The second-order valence-electron chi connectivity index (χ2n) is 4.25. The third-order valence-electron chi connectivity index (χ3n) is 2.43. The number of hydrazine groups is 1. The molecule has 0 radical (unpaired) electrons. The van der Waals surface area contributed by atoms with Crippen molar-refractivity contribution in [1.82, 2.24) is 10.0 Å². The molecule has 0 aromatic rings. The zero-order chi connectivity index (χ0) is 10.1. The molecular formula is C9H20N2O2. The van der Waals surface area contributed by atoms with E-state index in [9.17, 15) is 5.11 Å². The molecule has 78 valence electrons. The molecule has 4 nitrogen and oxygen atoms in total. The minimum atomic E-state index is -0.718. The van der Waals surface area contributed by atoms with Crippen molar-refractivity contribution < 1.29 is 9.84 Å². The summed E-state index contributed by atoms with van der Waals surface area (Å²) in [5, 5.41) is 14.1. The Labute approximate surface area is 80.1 Å². The van der Waals surface area contributed by atoms with Crippen LogP contribution in [0.4, 0.5) is 0 Å². The molecule has 1 saturated heterocycles. The number of hydrogen-bond donors (Lipinski definition) is 1. The number of ether oxygens (including phenoxy) is 1. The maximum absolute atomic E-state index is 9.91. The Bertz CT molecular complexity index is 165. The third-order valence-corrected chi connectivity index (χ3v) is 2.43. The summed E-state index contributed by atoms with van der Waals surface area (Å²) in [5.74, 6) is 0. The fourth-order valence-electron chi connectivity index (χ4n) is 1.64. The number of aliphatic hydroxyl groups is 1. The monoisotopic (exact) mass is 188 g/mol. The van der Waals surface area contributed by atoms with Gasteiger partial charge in [0.25, 0.3) is 0 Å². The summed E-state index contributed by atoms with van der Waals surface area (Å²) in [7, 11) is 3.98. The standard InChI is InChI=1S/C9H20N2O2/c1-9(2,12)8-7-13-6-5-11(8)10(3)4/h8,12H,5-7H2,1-4H3. The Morgan fingerprint density at radius 2 is 2.08 bits per heavy atom. The van der Waals surface area contributed by atoms with Crippen molar-refractivity contribution >= 4 is 0 Å². The van der Waals surface area contributed by atoms with Crippen LogP contribution in [-0.2, 0) is 4.74 Å². The first-order chi connectivity index (χ1) is 5.93. The van der Waals surface area contributed by atoms with Crippen LogP contribution in [0.3, 0.4) is 0 Å². The summed E-state index contributed by atoms with van der Waals surface area (Å²) in [6.07, 6.45) is 0. The van der Waals surface area contributed by atoms with Crippen molar-refractivity contribution in [2.24, 2.45) is 0 Å². The summed E-state index contributed by atoms with van der Waals surface area (Å²) in [4.78, 5) is 0. The first kappa shape index (κ1) is 10.9. The van der Waals surface area contributed by atoms with Gasteiger partial charge < -0.3 is 9.84 Å². The molecule has 1 rings (SSSR count). The quantitative estimate of drug-likeness (QED) is 0.658. The molecule has 0 spiro atoms. The van der Waals surface area contributed by atoms with E-state index < -0.39 is 5.60 Å². The van der Waals surface area contributed by atoms with Crippen LogP contribution in [0.15, 0.2) is 0 Å². The number of nitrogens with zero attached hydrogens (tertiary/aromatic N) is 2. The highest BCUT2D eigenvalue weighted by Gasteiger charge is 2.35. The second kappa shape index (κ2) is 3.92. The van der Waals surface area contributed by atoms with Crippen LogP contribution in [-0.4, -0.2) is 60.6 Å². The molecule has 0 amide bonds. The highest BCUT2D eigenvalue weighted by atomic mass is 16.5. The van der Waals surface area contributed by atoms with Crippen LogP contribution in [0, 0.1) is 0 Å². The molecule has 0 aromatic carbocycles. The molecule has 1 aliphatic rings. The average Bonchev–Trinajstić information content (AvgIpc) is 2.03. The van der Waals surface area contributed by atoms with Gasteiger partial charge in [0.1, 0.15) is 0 Å². The van der Waals surface area contributed by atoms with Crippen molar-refractivity contribution in [3.63, 3.8) is 0 Å². The number of hydrogen-bond acceptors (Lipinski definition) is 4. The highest BCUT2D eigenvalue weighted by molar-refractivity contribution is 4.86. The Hall–Kier alpha value is -0.160. The topological polar surface area (TPSA) is 35.9 Å². The predicted molar refractivity (Wildman–Crippen MR) is 51.3 cm³/mol. The van der Waals surface area contributed by atoms with Gasteiger partial charge >= 0.3 is 0 Å². The molecule has 1 atom stereocenters. The van der Waals surface area contributed by atoms with E-state index in [1.54, 1.807) is 0 Å². The summed E-state index contributed by atoms with van der Waals surface area (Å²) < 4.78 is 5.36. The van der Waals surface area contributed by atoms with Gasteiger partial charge in [-0.05, 0) is 13.8 Å². The number of rotatable bonds is 2. The van der Waals surface area contributed by atoms with E-state index in [2.05, 4.69) is 5.01 Å². The molecule has 0 aliphatic carbocycles. The van der Waals surface area contributed by atoms with Crippen molar-refractivity contribution in [2.75, 3.05) is 33.9 Å². The van der Waals surface area contributed by atoms with Gasteiger partial charge in [0.15, 0.2) is 0 Å². The smallest absolute Gasteiger partial charge is 0.0782 e. The van der Waals surface area contributed by atoms with Crippen molar-refractivity contribution in [3.05, 3.63) is 0 Å². The van der Waals surface area contributed by atoms with Crippen LogP contribution in [0.5, 0.6) is 0 Å². The first-order valence-corrected chi connectivity index (χ1v) is 4.67. The van der Waals surface area contributed by atoms with Crippen molar-refractivity contribution in [3.8, 4) is 0 Å². The van der Waals surface area contributed by atoms with E-state index >= 15 is 0 Å². The molecule has 0 bridgehead atoms. The normalized spacial score (nSPS) is 26.8. The summed E-state index contributed by atoms with van der Waals surface area (Å²) in [6.45, 7) is 5.83. The summed E-state index contributed by atoms with van der Waals surface area (Å²) in [5.41, 5.74) is -0.718. The van der Waals surface area contributed by atoms with Crippen LogP contribution in [0.1, 0.15) is 13.8 Å². The van der Waals surface area contributed by atoms with Gasteiger partial charge in [-0.2, -0.15) is 0 Å². The molecule has 0 saturated carbocycles. The van der Waals surface area contributed by atoms with E-state index in [1.807, 2.05) is 33.0 Å². The predicted octanol–water partition coefficient (Wildman–Crippen LogP) is -0.0653. The van der Waals surface area contributed by atoms with Gasteiger partial charge in [-0.3, -0.25) is 0 Å². The maximum atomic E-state index is 9.91. The second-order valence-corrected chi connectivity index (χ2v) is 4.25. The minimum absolute atomic E-state index is 0.0521. The Balaban J connectivity index is 2.67. The molecule has 0 aromatic heterocycles. The lowest BCUT2D eigenvalue weighted by molar-refractivity contribution is -0.163. The lowest BCUT2D eigenvalue weighted by atomic mass is 9.98. The molecule has 1 unspecified atom stereocenters. The maximum Gasteiger partial charge on any atom is 0.0782 e. The van der Waals surface area contributed by atoms with E-state index in [-0.39, 0.29) is 6.04 Å². The van der Waals surface area contributed by atoms with Crippen LogP contribution in [0.2, 0.25) is 0 Å². The number of morpholine rings is 1. The Morgan fingerprint density at radius 3 is 2.46 bits per heavy atom. The van der Waals surface area contributed by atoms with Crippen LogP contribution >= 0.6 is 0 Å². The molecule has 13 heavy (non-hydrogen) atoms. The van der Waals surface area contributed by atoms with E-state index in [0.29, 0.717) is 6.61 Å². The zero-order valence-corrected chi connectivity index (χ0v) is 8.95. The van der Waals surface area contributed by atoms with E-state index in [0.717, 1.165) is 13.2 Å². The van der Waals surface area contributed by atoms with Crippen LogP contribution in [0.25, 0.3) is 0 Å². The van der Waals surface area contributed by atoms with Crippen molar-refractivity contribution in [1.29, 1.82) is 0 Å². The largest absolute Gasteiger partial charge is 0.389 e. The molecule has 4 heteroatoms. The van der Waals surface area contributed by atoms with Crippen LogP contribution < -0.4 is 0 Å². The average molecular weight is 188 g/mol. The highest BCUT2D eigenvalue weighted by Crippen LogP contribution is 2.19. The lowest BCUT2D eigenvalue weighted by Crippen LogP contribution is -2.60. The molecule has 1 heterocycles.